The third-order valence-electron chi connectivity index (χ3n) is 2.12. The molecule has 0 bridgehead atoms. The second kappa shape index (κ2) is 4.01. The second-order valence-electron chi connectivity index (χ2n) is 3.24. The number of carbonyl (C=O) groups is 1. The Kier molecular flexibility index (Phi) is 2.55. The average Bonchev–Trinajstić information content (AvgIpc) is 2.62. The lowest BCUT2D eigenvalue weighted by atomic mass is 10.2. The summed E-state index contributed by atoms with van der Waals surface area (Å²) >= 11 is 0. The number of nitrogens with zero attached hydrogens (tertiary/aromatic N) is 2. The van der Waals surface area contributed by atoms with Crippen molar-refractivity contribution in [3.8, 4) is 0 Å². The van der Waals surface area contributed by atoms with Crippen molar-refractivity contribution in [1.82, 2.24) is 15.0 Å². The Hall–Kier alpha value is -2.37. The summed E-state index contributed by atoms with van der Waals surface area (Å²) in [6.45, 7) is 0.278. The Bertz CT molecular complexity index is 556. The largest absolute Gasteiger partial charge is 0.476 e. The fourth-order valence-corrected chi connectivity index (χ4v) is 1.34. The molecule has 0 radical (unpaired) electrons. The smallest absolute Gasteiger partial charge is 0.362 e. The molecule has 2 rings (SSSR count). The standard InChI is InChI=1S/C10H9N3O3/c14-9-8(10(15)16)11-12-13(9)6-7-4-2-1-3-5-7/h1-5,12H,6H2,(H,15,16). The van der Waals surface area contributed by atoms with E-state index in [0.29, 0.717) is 0 Å². The van der Waals surface area contributed by atoms with Gasteiger partial charge in [0.05, 0.1) is 6.54 Å². The van der Waals surface area contributed by atoms with Gasteiger partial charge >= 0.3 is 11.5 Å². The molecule has 0 spiro atoms. The zero-order chi connectivity index (χ0) is 11.5. The van der Waals surface area contributed by atoms with Crippen molar-refractivity contribution in [2.75, 3.05) is 0 Å². The van der Waals surface area contributed by atoms with Gasteiger partial charge in [0.15, 0.2) is 0 Å². The molecule has 0 fully saturated rings. The number of aromatic carboxylic acids is 1. The number of H-pyrrole nitrogens is 1. The van der Waals surface area contributed by atoms with Crippen LogP contribution in [0.2, 0.25) is 0 Å². The van der Waals surface area contributed by atoms with Crippen LogP contribution in [0.3, 0.4) is 0 Å². The van der Waals surface area contributed by atoms with E-state index >= 15 is 0 Å². The molecule has 0 aliphatic heterocycles. The molecule has 16 heavy (non-hydrogen) atoms. The topological polar surface area (TPSA) is 88.0 Å². The molecular weight excluding hydrogens is 210 g/mol. The first kappa shape index (κ1) is 10.2. The van der Waals surface area contributed by atoms with E-state index in [0.717, 1.165) is 10.2 Å². The van der Waals surface area contributed by atoms with Gasteiger partial charge in [-0.3, -0.25) is 4.79 Å². The third kappa shape index (κ3) is 1.85. The predicted molar refractivity (Wildman–Crippen MR) is 55.4 cm³/mol. The van der Waals surface area contributed by atoms with Crippen molar-refractivity contribution in [2.24, 2.45) is 0 Å². The number of hydrogen-bond donors (Lipinski definition) is 2. The van der Waals surface area contributed by atoms with Gasteiger partial charge in [-0.1, -0.05) is 30.3 Å². The van der Waals surface area contributed by atoms with Gasteiger partial charge in [0.2, 0.25) is 5.69 Å². The zero-order valence-corrected chi connectivity index (χ0v) is 8.25. The fraction of sp³-hybridized carbons (Fsp3) is 0.100. The van der Waals surface area contributed by atoms with Crippen molar-refractivity contribution in [1.29, 1.82) is 0 Å². The van der Waals surface area contributed by atoms with E-state index in [9.17, 15) is 9.59 Å². The van der Waals surface area contributed by atoms with Gasteiger partial charge in [0.1, 0.15) is 0 Å². The van der Waals surface area contributed by atoms with Crippen LogP contribution in [0.15, 0.2) is 35.1 Å². The van der Waals surface area contributed by atoms with Gasteiger partial charge in [0, 0.05) is 0 Å². The lowest BCUT2D eigenvalue weighted by molar-refractivity contribution is 0.0689. The van der Waals surface area contributed by atoms with E-state index in [-0.39, 0.29) is 6.54 Å². The van der Waals surface area contributed by atoms with Gasteiger partial charge in [-0.2, -0.15) is 0 Å². The van der Waals surface area contributed by atoms with Crippen LogP contribution in [0, 0.1) is 0 Å². The van der Waals surface area contributed by atoms with Crippen molar-refractivity contribution in [3.05, 3.63) is 51.9 Å². The Morgan fingerprint density at radius 1 is 1.38 bits per heavy atom. The molecule has 6 nitrogen and oxygen atoms in total. The summed E-state index contributed by atoms with van der Waals surface area (Å²) in [6, 6.07) is 9.23. The highest BCUT2D eigenvalue weighted by Crippen LogP contribution is 1.99. The molecule has 0 saturated carbocycles. The second-order valence-corrected chi connectivity index (χ2v) is 3.24. The highest BCUT2D eigenvalue weighted by atomic mass is 16.4. The minimum atomic E-state index is -1.33. The molecule has 0 unspecified atom stereocenters. The van der Waals surface area contributed by atoms with Crippen LogP contribution in [0.5, 0.6) is 0 Å². The number of aromatic amines is 1. The molecule has 0 saturated heterocycles. The number of aromatic nitrogens is 3. The molecule has 0 atom stereocenters. The first-order valence-electron chi connectivity index (χ1n) is 4.61. The fourth-order valence-electron chi connectivity index (χ4n) is 1.34. The van der Waals surface area contributed by atoms with Crippen LogP contribution in [0.4, 0.5) is 0 Å². The van der Waals surface area contributed by atoms with E-state index in [2.05, 4.69) is 10.3 Å². The number of rotatable bonds is 3. The maximum Gasteiger partial charge on any atom is 0.362 e. The van der Waals surface area contributed by atoms with Gasteiger partial charge in [-0.05, 0) is 5.56 Å². The summed E-state index contributed by atoms with van der Waals surface area (Å²) in [5.41, 5.74) is -0.225. The van der Waals surface area contributed by atoms with Crippen LogP contribution in [-0.2, 0) is 6.54 Å². The van der Waals surface area contributed by atoms with Crippen molar-refractivity contribution in [3.63, 3.8) is 0 Å². The van der Waals surface area contributed by atoms with E-state index in [1.54, 1.807) is 0 Å². The number of carboxylic acid groups (broad SMARTS) is 1. The Morgan fingerprint density at radius 2 is 2.06 bits per heavy atom. The Morgan fingerprint density at radius 3 is 2.62 bits per heavy atom. The Labute approximate surface area is 90.1 Å². The lowest BCUT2D eigenvalue weighted by Gasteiger charge is -1.99. The zero-order valence-electron chi connectivity index (χ0n) is 8.25. The van der Waals surface area contributed by atoms with Crippen molar-refractivity contribution in [2.45, 2.75) is 6.54 Å². The maximum absolute atomic E-state index is 11.5. The predicted octanol–water partition coefficient (Wildman–Crippen LogP) is 0.318. The molecule has 6 heteroatoms. The highest BCUT2D eigenvalue weighted by Gasteiger charge is 2.14. The number of carboxylic acids is 1. The minimum Gasteiger partial charge on any atom is -0.476 e. The maximum atomic E-state index is 11.5. The Balaban J connectivity index is 2.30. The first-order chi connectivity index (χ1) is 7.68. The molecule has 2 aromatic rings. The third-order valence-corrected chi connectivity index (χ3v) is 2.12. The summed E-state index contributed by atoms with van der Waals surface area (Å²) < 4.78 is 1.15. The first-order valence-corrected chi connectivity index (χ1v) is 4.61. The summed E-state index contributed by atoms with van der Waals surface area (Å²) in [5, 5.41) is 14.5. The van der Waals surface area contributed by atoms with Gasteiger partial charge < -0.3 is 5.11 Å². The molecular formula is C10H9N3O3. The lowest BCUT2D eigenvalue weighted by Crippen LogP contribution is -2.22. The summed E-state index contributed by atoms with van der Waals surface area (Å²) in [4.78, 5) is 22.1. The minimum absolute atomic E-state index is 0.278. The molecule has 1 heterocycles. The van der Waals surface area contributed by atoms with E-state index in [1.807, 2.05) is 30.3 Å². The quantitative estimate of drug-likeness (QED) is 0.778. The number of hydrogen-bond acceptors (Lipinski definition) is 3. The van der Waals surface area contributed by atoms with E-state index in [4.69, 9.17) is 5.11 Å². The van der Waals surface area contributed by atoms with Gasteiger partial charge in [-0.25, -0.2) is 14.7 Å². The van der Waals surface area contributed by atoms with Crippen molar-refractivity contribution < 1.29 is 9.90 Å². The van der Waals surface area contributed by atoms with Crippen LogP contribution in [-0.4, -0.2) is 26.1 Å². The molecule has 2 N–H and O–H groups in total. The molecule has 1 aromatic carbocycles. The monoisotopic (exact) mass is 219 g/mol. The van der Waals surface area contributed by atoms with Crippen LogP contribution < -0.4 is 5.56 Å². The molecule has 82 valence electrons. The number of nitrogens with one attached hydrogen (secondary N) is 1. The van der Waals surface area contributed by atoms with Gasteiger partial charge in [-0.15, -0.1) is 5.10 Å². The van der Waals surface area contributed by atoms with Crippen LogP contribution >= 0.6 is 0 Å². The normalized spacial score (nSPS) is 10.2. The van der Waals surface area contributed by atoms with Crippen LogP contribution in [0.25, 0.3) is 0 Å². The molecule has 1 aromatic heterocycles. The van der Waals surface area contributed by atoms with E-state index in [1.165, 1.54) is 0 Å². The van der Waals surface area contributed by atoms with Gasteiger partial charge in [0.25, 0.3) is 0 Å². The summed E-state index contributed by atoms with van der Waals surface area (Å²) in [7, 11) is 0. The molecule has 0 aliphatic rings. The molecule has 0 aliphatic carbocycles. The highest BCUT2D eigenvalue weighted by molar-refractivity contribution is 5.84. The van der Waals surface area contributed by atoms with Crippen LogP contribution in [0.1, 0.15) is 16.1 Å². The summed E-state index contributed by atoms with van der Waals surface area (Å²) in [6.07, 6.45) is 0. The van der Waals surface area contributed by atoms with Crippen molar-refractivity contribution >= 4 is 5.97 Å². The average molecular weight is 219 g/mol. The van der Waals surface area contributed by atoms with E-state index < -0.39 is 17.2 Å². The summed E-state index contributed by atoms with van der Waals surface area (Å²) in [5.74, 6) is -1.33. The molecule has 0 amide bonds. The number of benzene rings is 1. The SMILES string of the molecule is O=C(O)c1n[nH]n(Cc2ccccc2)c1=O.